The molecule has 1 aliphatic carbocycles. The van der Waals surface area contributed by atoms with Gasteiger partial charge < -0.3 is 0 Å². The van der Waals surface area contributed by atoms with Gasteiger partial charge in [-0.2, -0.15) is 0 Å². The SMILES string of the molecule is BC(B)C1(B)C(B)(B)C(B)(C(B)(C)C)C(C(B)(B)B)C1(C(B)(B)B)C(B)(B)B. The standard InChI is InChI=1S/C12H40B16/c1-5(2,15)7(16)3(9(18,19)20)6(11(23,24)25,12(26,27)28)8(17,4(13)14)10(7,21)22/h3-4H,13-28H2,1-2H3. The van der Waals surface area contributed by atoms with Gasteiger partial charge >= 0.3 is 0 Å². The minimum Gasteiger partial charge on any atom is -0.108 e. The molecule has 0 aromatic carbocycles. The predicted octanol–water partition coefficient (Wildman–Crippen LogP) is -11.7. The van der Waals surface area contributed by atoms with Crippen LogP contribution in [0.2, 0.25) is 42.2 Å². The molecule has 3 unspecified atom stereocenters. The summed E-state index contributed by atoms with van der Waals surface area (Å²) in [4.78, 5) is 0. The van der Waals surface area contributed by atoms with Crippen molar-refractivity contribution < 1.29 is 0 Å². The van der Waals surface area contributed by atoms with Crippen molar-refractivity contribution in [2.45, 2.75) is 56.1 Å². The van der Waals surface area contributed by atoms with E-state index < -0.39 is 0 Å². The van der Waals surface area contributed by atoms with Crippen LogP contribution in [0.15, 0.2) is 0 Å². The molecule has 0 heterocycles. The molecule has 0 nitrogen and oxygen atoms in total. The van der Waals surface area contributed by atoms with E-state index >= 15 is 0 Å². The second kappa shape index (κ2) is 6.77. The van der Waals surface area contributed by atoms with Crippen molar-refractivity contribution in [3.63, 3.8) is 0 Å². The highest BCUT2D eigenvalue weighted by Gasteiger charge is 2.80. The summed E-state index contributed by atoms with van der Waals surface area (Å²) in [7, 11) is 40.9. The molecule has 28 heavy (non-hydrogen) atoms. The van der Waals surface area contributed by atoms with Crippen molar-refractivity contribution in [2.24, 2.45) is 11.3 Å². The van der Waals surface area contributed by atoms with E-state index in [0.717, 1.165) is 0 Å². The van der Waals surface area contributed by atoms with E-state index in [1.165, 1.54) is 0 Å². The molecule has 0 aromatic heterocycles. The van der Waals surface area contributed by atoms with E-state index in [4.69, 9.17) is 0 Å². The summed E-state index contributed by atoms with van der Waals surface area (Å²) in [6, 6.07) is 0. The molecule has 1 fully saturated rings. The maximum absolute atomic E-state index is 2.67. The van der Waals surface area contributed by atoms with E-state index in [1.807, 2.05) is 0 Å². The molecule has 0 bridgehead atoms. The second-order valence-electron chi connectivity index (χ2n) is 15.5. The van der Waals surface area contributed by atoms with Crippen LogP contribution in [0.5, 0.6) is 0 Å². The summed E-state index contributed by atoms with van der Waals surface area (Å²) < 4.78 is 0. The lowest BCUT2D eigenvalue weighted by atomic mass is 9.08. The van der Waals surface area contributed by atoms with E-state index in [0.29, 0.717) is 11.6 Å². The fourth-order valence-corrected chi connectivity index (χ4v) is 9.74. The summed E-state index contributed by atoms with van der Waals surface area (Å²) in [6.45, 7) is 5.02. The van der Waals surface area contributed by atoms with E-state index in [2.05, 4.69) is 139 Å². The third-order valence-corrected chi connectivity index (χ3v) is 10.4. The van der Waals surface area contributed by atoms with Gasteiger partial charge in [-0.1, -0.05) is 52.1 Å². The molecule has 1 saturated carbocycles. The van der Waals surface area contributed by atoms with Crippen LogP contribution in [0.25, 0.3) is 0 Å². The molecular weight excluding hydrogens is 317 g/mol. The van der Waals surface area contributed by atoms with Crippen molar-refractivity contribution in [1.29, 1.82) is 0 Å². The Hall–Kier alpha value is 1.04. The van der Waals surface area contributed by atoms with Crippen molar-refractivity contribution in [1.82, 2.24) is 0 Å². The summed E-state index contributed by atoms with van der Waals surface area (Å²) in [5, 5.41) is 1.36. The molecule has 0 saturated heterocycles. The molecule has 0 N–H and O–H groups in total. The molecule has 16 heteroatoms. The Morgan fingerprint density at radius 3 is 1.18 bits per heavy atom. The molecule has 0 radical (unpaired) electrons. The van der Waals surface area contributed by atoms with Crippen molar-refractivity contribution in [3.05, 3.63) is 0 Å². The number of hydrogen-bond acceptors (Lipinski definition) is 0. The highest BCUT2D eigenvalue weighted by molar-refractivity contribution is 6.68. The lowest BCUT2D eigenvalue weighted by Gasteiger charge is -2.70. The Kier molecular flexibility index (Phi) is 6.54. The fraction of sp³-hybridized carbons (Fsp3) is 1.00. The van der Waals surface area contributed by atoms with Crippen LogP contribution in [-0.4, -0.2) is 126 Å². The van der Waals surface area contributed by atoms with Gasteiger partial charge in [-0.15, -0.1) is 15.3 Å². The van der Waals surface area contributed by atoms with Crippen LogP contribution in [0.3, 0.4) is 0 Å². The third-order valence-electron chi connectivity index (χ3n) is 10.4. The van der Waals surface area contributed by atoms with Crippen LogP contribution in [0, 0.1) is 11.3 Å². The molecule has 136 valence electrons. The highest BCUT2D eigenvalue weighted by Crippen LogP contribution is 2.94. The Labute approximate surface area is 192 Å². The third kappa shape index (κ3) is 2.93. The Balaban J connectivity index is 4.49. The van der Waals surface area contributed by atoms with Crippen LogP contribution in [0.4, 0.5) is 0 Å². The lowest BCUT2D eigenvalue weighted by molar-refractivity contribution is 0.127. The Morgan fingerprint density at radius 1 is 0.679 bits per heavy atom. The van der Waals surface area contributed by atoms with Crippen molar-refractivity contribution >= 4 is 126 Å². The first kappa shape index (κ1) is 27.1. The maximum atomic E-state index is 2.67. The first-order valence-electron chi connectivity index (χ1n) is 11.8. The summed E-state index contributed by atoms with van der Waals surface area (Å²) in [5.74, 6) is 0.592. The minimum absolute atomic E-state index is 0.172. The number of hydrogen-bond donors (Lipinski definition) is 0. The Morgan fingerprint density at radius 2 is 1.00 bits per heavy atom. The lowest BCUT2D eigenvalue weighted by Crippen LogP contribution is -2.62. The minimum atomic E-state index is 0.172. The topological polar surface area (TPSA) is 0 Å². The summed E-state index contributed by atoms with van der Waals surface area (Å²) in [6.07, 6.45) is 0. The average Bonchev–Trinajstić information content (AvgIpc) is 2.50. The van der Waals surface area contributed by atoms with Gasteiger partial charge in [-0.05, 0) is 0 Å². The molecule has 0 amide bonds. The zero-order valence-corrected chi connectivity index (χ0v) is 23.2. The predicted molar refractivity (Wildman–Crippen MR) is 177 cm³/mol. The van der Waals surface area contributed by atoms with E-state index in [-0.39, 0.29) is 41.9 Å². The van der Waals surface area contributed by atoms with Gasteiger partial charge in [0.1, 0.15) is 23.5 Å². The van der Waals surface area contributed by atoms with Crippen molar-refractivity contribution in [2.75, 3.05) is 0 Å². The maximum Gasteiger partial charge on any atom is 0.108 e. The summed E-state index contributed by atoms with van der Waals surface area (Å²) >= 11 is 0. The molecule has 1 aliphatic rings. The van der Waals surface area contributed by atoms with Gasteiger partial charge in [-0.3, -0.25) is 0 Å². The van der Waals surface area contributed by atoms with Gasteiger partial charge in [0, 0.05) is 0 Å². The summed E-state index contributed by atoms with van der Waals surface area (Å²) in [5.41, 5.74) is 0.778. The molecule has 0 spiro atoms. The molecule has 1 rings (SSSR count). The van der Waals surface area contributed by atoms with Crippen LogP contribution >= 0.6 is 0 Å². The highest BCUT2D eigenvalue weighted by atomic mass is 14.8. The van der Waals surface area contributed by atoms with Gasteiger partial charge in [-0.25, -0.2) is 0 Å². The second-order valence-corrected chi connectivity index (χ2v) is 15.5. The fourth-order valence-electron chi connectivity index (χ4n) is 9.74. The number of rotatable bonds is 5. The molecule has 0 aromatic rings. The van der Waals surface area contributed by atoms with Gasteiger partial charge in [0.25, 0.3) is 0 Å². The largest absolute Gasteiger partial charge is 0.108 e. The van der Waals surface area contributed by atoms with E-state index in [9.17, 15) is 0 Å². The molecule has 3 atom stereocenters. The zero-order valence-electron chi connectivity index (χ0n) is 23.2. The normalized spacial score (nSPS) is 33.6. The monoisotopic (exact) mass is 360 g/mol. The van der Waals surface area contributed by atoms with Crippen LogP contribution in [0.1, 0.15) is 13.8 Å². The Bertz CT molecular complexity index is 589. The quantitative estimate of drug-likeness (QED) is 0.429. The van der Waals surface area contributed by atoms with Gasteiger partial charge in [0.2, 0.25) is 0 Å². The van der Waals surface area contributed by atoms with Crippen LogP contribution in [-0.2, 0) is 0 Å². The van der Waals surface area contributed by atoms with Gasteiger partial charge in [0.15, 0.2) is 0 Å². The van der Waals surface area contributed by atoms with Gasteiger partial charge in [0.05, 0.1) is 102 Å². The smallest absolute Gasteiger partial charge is 0.108 e. The van der Waals surface area contributed by atoms with Crippen molar-refractivity contribution in [3.8, 4) is 0 Å². The molecule has 0 aliphatic heterocycles. The first-order chi connectivity index (χ1) is 11.8. The zero-order chi connectivity index (χ0) is 23.2. The van der Waals surface area contributed by atoms with E-state index in [1.54, 1.807) is 0 Å². The van der Waals surface area contributed by atoms with Crippen LogP contribution < -0.4 is 0 Å². The average molecular weight is 357 g/mol. The first-order valence-corrected chi connectivity index (χ1v) is 11.8. The molecular formula is C12H40B16.